The third kappa shape index (κ3) is 8.47. The summed E-state index contributed by atoms with van der Waals surface area (Å²) in [6.07, 6.45) is 8.34. The fourth-order valence-corrected chi connectivity index (χ4v) is 3.70. The molecule has 172 valence electrons. The van der Waals surface area contributed by atoms with Gasteiger partial charge in [0.1, 0.15) is 0 Å². The topological polar surface area (TPSA) is 24.7 Å². The first-order chi connectivity index (χ1) is 14.6. The second kappa shape index (κ2) is 14.5. The van der Waals surface area contributed by atoms with Gasteiger partial charge in [-0.25, -0.2) is 0 Å². The predicted octanol–water partition coefficient (Wildman–Crippen LogP) is 8.38. The van der Waals surface area contributed by atoms with E-state index in [9.17, 15) is 0 Å². The number of hydrogen-bond donors (Lipinski definition) is 0. The Kier molecular flexibility index (Phi) is 12.8. The maximum absolute atomic E-state index is 5.15. The maximum Gasteiger partial charge on any atom is 0.0639 e. The van der Waals surface area contributed by atoms with Gasteiger partial charge in [-0.3, -0.25) is 9.98 Å². The summed E-state index contributed by atoms with van der Waals surface area (Å²) in [6, 6.07) is 13.6. The van der Waals surface area contributed by atoms with Crippen molar-refractivity contribution in [2.24, 2.45) is 9.98 Å². The number of aryl methyl sites for hydroxylation is 4. The first-order valence-corrected chi connectivity index (χ1v) is 12.0. The molecule has 0 atom stereocenters. The minimum absolute atomic E-state index is 0. The number of aliphatic imine (C=N–C) groups is 2. The minimum Gasteiger partial charge on any atom is -0.252 e. The van der Waals surface area contributed by atoms with Gasteiger partial charge in [-0.05, 0) is 91.5 Å². The van der Waals surface area contributed by atoms with E-state index in [0.717, 1.165) is 74.2 Å². The number of rotatable bonds is 11. The molecule has 0 aliphatic heterocycles. The molecule has 0 fully saturated rings. The summed E-state index contributed by atoms with van der Waals surface area (Å²) in [5.41, 5.74) is 9.87. The summed E-state index contributed by atoms with van der Waals surface area (Å²) in [7, 11) is 0. The van der Waals surface area contributed by atoms with E-state index in [-0.39, 0.29) is 20.4 Å². The Morgan fingerprint density at radius 2 is 0.968 bits per heavy atom. The van der Waals surface area contributed by atoms with Crippen molar-refractivity contribution in [1.29, 1.82) is 0 Å². The fraction of sp³-hybridized carbons (Fsp3) is 0.500. The van der Waals surface area contributed by atoms with Crippen molar-refractivity contribution in [1.82, 2.24) is 0 Å². The van der Waals surface area contributed by atoms with E-state index in [1.807, 2.05) is 0 Å². The van der Waals surface area contributed by atoms with E-state index in [1.165, 1.54) is 22.3 Å². The van der Waals surface area contributed by atoms with E-state index < -0.39 is 0 Å². The Labute approximate surface area is 204 Å². The van der Waals surface area contributed by atoms with Crippen molar-refractivity contribution in [3.8, 4) is 0 Å². The molecule has 31 heavy (non-hydrogen) atoms. The van der Waals surface area contributed by atoms with Crippen LogP contribution in [0.15, 0.2) is 46.4 Å². The number of benzene rings is 2. The van der Waals surface area contributed by atoms with Gasteiger partial charge >= 0.3 is 0 Å². The van der Waals surface area contributed by atoms with Gasteiger partial charge in [0.05, 0.1) is 22.8 Å². The molecule has 2 nitrogen and oxygen atoms in total. The molecule has 2 aromatic rings. The van der Waals surface area contributed by atoms with Gasteiger partial charge in [-0.2, -0.15) is 0 Å². The van der Waals surface area contributed by atoms with Crippen molar-refractivity contribution < 1.29 is 20.4 Å². The van der Waals surface area contributed by atoms with Crippen LogP contribution in [-0.4, -0.2) is 11.4 Å². The van der Waals surface area contributed by atoms with Crippen LogP contribution >= 0.6 is 0 Å². The summed E-state index contributed by atoms with van der Waals surface area (Å²) >= 11 is 0. The first-order valence-electron chi connectivity index (χ1n) is 12.0. The van der Waals surface area contributed by atoms with Crippen molar-refractivity contribution >= 4 is 22.8 Å². The van der Waals surface area contributed by atoms with Crippen molar-refractivity contribution in [3.63, 3.8) is 0 Å². The Hall–Kier alpha value is -1.56. The van der Waals surface area contributed by atoms with E-state index in [0.29, 0.717) is 0 Å². The van der Waals surface area contributed by atoms with Crippen LogP contribution in [0, 0.1) is 0 Å². The zero-order valence-corrected chi connectivity index (χ0v) is 21.9. The van der Waals surface area contributed by atoms with Crippen LogP contribution in [0.1, 0.15) is 89.5 Å². The monoisotopic (exact) mass is 510 g/mol. The zero-order valence-electron chi connectivity index (χ0n) is 20.3. The summed E-state index contributed by atoms with van der Waals surface area (Å²) in [5, 5.41) is 0. The quantitative estimate of drug-likeness (QED) is 0.214. The molecule has 0 saturated carbocycles. The molecule has 0 heterocycles. The molecule has 0 aromatic heterocycles. The molecule has 0 aliphatic carbocycles. The Morgan fingerprint density at radius 1 is 0.581 bits per heavy atom. The van der Waals surface area contributed by atoms with Crippen LogP contribution in [0.25, 0.3) is 0 Å². The molecule has 0 N–H and O–H groups in total. The van der Waals surface area contributed by atoms with Crippen LogP contribution in [0.3, 0.4) is 0 Å². The Morgan fingerprint density at radius 3 is 1.29 bits per heavy atom. The second-order valence-corrected chi connectivity index (χ2v) is 8.00. The molecule has 0 aliphatic rings. The number of nitrogens with zero attached hydrogens (tertiary/aromatic N) is 2. The van der Waals surface area contributed by atoms with E-state index in [4.69, 9.17) is 9.98 Å². The average Bonchev–Trinajstić information content (AvgIpc) is 2.79. The van der Waals surface area contributed by atoms with E-state index >= 15 is 0 Å². The van der Waals surface area contributed by atoms with Gasteiger partial charge in [0.2, 0.25) is 0 Å². The van der Waals surface area contributed by atoms with Crippen LogP contribution in [0.5, 0.6) is 0 Å². The van der Waals surface area contributed by atoms with E-state index in [2.05, 4.69) is 77.9 Å². The third-order valence-electron chi connectivity index (χ3n) is 5.67. The molecule has 3 heteroatoms. The predicted molar refractivity (Wildman–Crippen MR) is 134 cm³/mol. The van der Waals surface area contributed by atoms with Gasteiger partial charge < -0.3 is 0 Å². The summed E-state index contributed by atoms with van der Waals surface area (Å²) in [4.78, 5) is 10.3. The molecular weight excluding hydrogens is 471 g/mol. The maximum atomic E-state index is 5.15. The van der Waals surface area contributed by atoms with Crippen molar-refractivity contribution in [3.05, 3.63) is 58.7 Å². The summed E-state index contributed by atoms with van der Waals surface area (Å²) in [5.74, 6) is 0. The van der Waals surface area contributed by atoms with Crippen LogP contribution in [-0.2, 0) is 46.1 Å². The average molecular weight is 511 g/mol. The molecule has 0 saturated heterocycles. The molecule has 2 aromatic carbocycles. The van der Waals surface area contributed by atoms with Gasteiger partial charge in [-0.1, -0.05) is 60.1 Å². The molecule has 2 rings (SSSR count). The van der Waals surface area contributed by atoms with E-state index in [1.54, 1.807) is 0 Å². The largest absolute Gasteiger partial charge is 0.252 e. The third-order valence-corrected chi connectivity index (χ3v) is 5.67. The van der Waals surface area contributed by atoms with Gasteiger partial charge in [0, 0.05) is 20.4 Å². The normalized spacial score (nSPS) is 12.1. The van der Waals surface area contributed by atoms with Gasteiger partial charge in [0.15, 0.2) is 0 Å². The molecule has 0 unspecified atom stereocenters. The Balaban J connectivity index is 0.00000480. The summed E-state index contributed by atoms with van der Waals surface area (Å²) < 4.78 is 0. The first kappa shape index (κ1) is 27.5. The van der Waals surface area contributed by atoms with Crippen LogP contribution in [0.4, 0.5) is 11.4 Å². The van der Waals surface area contributed by atoms with Crippen molar-refractivity contribution in [2.45, 2.75) is 92.9 Å². The standard InChI is InChI=1S/C28H40N2.Pd/c1-7-13-14-28(30-26-19-23(10-4)16-24(11-5)20-26)27(12-6)29-25-17-21(8-2)15-22(9-3)18-25;/h15-20H,7-14H2,1-6H3;/b29-27+,30-28+;. The van der Waals surface area contributed by atoms with Crippen LogP contribution < -0.4 is 0 Å². The molecular formula is C28H40N2Pd. The molecule has 0 spiro atoms. The second-order valence-electron chi connectivity index (χ2n) is 8.00. The molecule has 0 amide bonds. The number of unbranched alkanes of at least 4 members (excludes halogenated alkanes) is 1. The number of hydrogen-bond acceptors (Lipinski definition) is 2. The fourth-order valence-electron chi connectivity index (χ4n) is 3.70. The zero-order chi connectivity index (χ0) is 21.9. The molecule has 0 radical (unpaired) electrons. The molecule has 0 bridgehead atoms. The summed E-state index contributed by atoms with van der Waals surface area (Å²) in [6.45, 7) is 13.3. The van der Waals surface area contributed by atoms with Crippen LogP contribution in [0.2, 0.25) is 0 Å². The van der Waals surface area contributed by atoms with Gasteiger partial charge in [0.25, 0.3) is 0 Å². The van der Waals surface area contributed by atoms with Gasteiger partial charge in [-0.15, -0.1) is 0 Å². The Bertz CT molecular complexity index is 836. The van der Waals surface area contributed by atoms with Crippen molar-refractivity contribution in [2.75, 3.05) is 0 Å². The smallest absolute Gasteiger partial charge is 0.0639 e. The SMILES string of the molecule is CCCCC(=N\c1cc(CC)cc(CC)c1)/C(CC)=N/c1cc(CC)cc(CC)c1.[Pd]. The minimum atomic E-state index is 0.